The van der Waals surface area contributed by atoms with Crippen LogP contribution in [0.3, 0.4) is 0 Å². The predicted molar refractivity (Wildman–Crippen MR) is 102 cm³/mol. The molecule has 1 aliphatic heterocycles. The van der Waals surface area contributed by atoms with E-state index in [9.17, 15) is 0 Å². The molecule has 1 aliphatic rings. The summed E-state index contributed by atoms with van der Waals surface area (Å²) in [6.07, 6.45) is 3.90. The summed E-state index contributed by atoms with van der Waals surface area (Å²) in [6.45, 7) is 9.79. The minimum absolute atomic E-state index is 0.164. The third-order valence-electron chi connectivity index (χ3n) is 4.83. The van der Waals surface area contributed by atoms with E-state index in [1.165, 1.54) is 24.8 Å². The van der Waals surface area contributed by atoms with E-state index in [0.717, 1.165) is 35.9 Å². The largest absolute Gasteiger partial charge is 0.303 e. The van der Waals surface area contributed by atoms with E-state index >= 15 is 0 Å². The lowest BCUT2D eigenvalue weighted by atomic mass is 9.87. The summed E-state index contributed by atoms with van der Waals surface area (Å²) < 4.78 is 4.77. The molecule has 2 heterocycles. The van der Waals surface area contributed by atoms with Crippen molar-refractivity contribution < 1.29 is 0 Å². The van der Waals surface area contributed by atoms with Crippen LogP contribution >= 0.6 is 12.2 Å². The summed E-state index contributed by atoms with van der Waals surface area (Å²) in [7, 11) is 2.01. The molecule has 3 rings (SSSR count). The SMILES string of the molecule is Cn1c(-c2ccc(C(C)(C)C)cc2)nn(CN2CCCCC2)c1=S. The third-order valence-corrected chi connectivity index (χ3v) is 5.32. The van der Waals surface area contributed by atoms with Crippen LogP contribution in [0.4, 0.5) is 0 Å². The third kappa shape index (κ3) is 3.62. The fraction of sp³-hybridized carbons (Fsp3) is 0.579. The summed E-state index contributed by atoms with van der Waals surface area (Å²) in [5, 5.41) is 4.80. The van der Waals surface area contributed by atoms with Gasteiger partial charge in [-0.3, -0.25) is 4.90 Å². The normalized spacial score (nSPS) is 16.5. The fourth-order valence-corrected chi connectivity index (χ4v) is 3.43. The van der Waals surface area contributed by atoms with Crippen molar-refractivity contribution in [3.63, 3.8) is 0 Å². The van der Waals surface area contributed by atoms with Crippen LogP contribution in [0, 0.1) is 4.77 Å². The molecule has 130 valence electrons. The second-order valence-corrected chi connectivity index (χ2v) is 8.18. The number of piperidine rings is 1. The summed E-state index contributed by atoms with van der Waals surface area (Å²) in [6, 6.07) is 8.70. The van der Waals surface area contributed by atoms with E-state index in [0.29, 0.717) is 0 Å². The smallest absolute Gasteiger partial charge is 0.199 e. The van der Waals surface area contributed by atoms with E-state index in [1.807, 2.05) is 16.3 Å². The summed E-state index contributed by atoms with van der Waals surface area (Å²) in [5.74, 6) is 0.942. The van der Waals surface area contributed by atoms with Gasteiger partial charge in [0.25, 0.3) is 0 Å². The van der Waals surface area contributed by atoms with Gasteiger partial charge in [0.1, 0.15) is 0 Å². The van der Waals surface area contributed by atoms with Crippen LogP contribution in [-0.2, 0) is 19.1 Å². The summed E-state index contributed by atoms with van der Waals surface area (Å²) in [4.78, 5) is 2.44. The van der Waals surface area contributed by atoms with Crippen molar-refractivity contribution in [2.75, 3.05) is 13.1 Å². The molecular weight excluding hydrogens is 316 g/mol. The van der Waals surface area contributed by atoms with Gasteiger partial charge in [-0.2, -0.15) is 5.10 Å². The van der Waals surface area contributed by atoms with Gasteiger partial charge < -0.3 is 4.57 Å². The maximum atomic E-state index is 5.60. The van der Waals surface area contributed by atoms with Gasteiger partial charge in [0.15, 0.2) is 10.6 Å². The molecule has 1 fully saturated rings. The second-order valence-electron chi connectivity index (χ2n) is 7.81. The van der Waals surface area contributed by atoms with Crippen LogP contribution in [0.1, 0.15) is 45.6 Å². The molecule has 1 aromatic carbocycles. The molecule has 0 unspecified atom stereocenters. The van der Waals surface area contributed by atoms with Crippen molar-refractivity contribution >= 4 is 12.2 Å². The lowest BCUT2D eigenvalue weighted by Gasteiger charge is -2.25. The first-order valence-corrected chi connectivity index (χ1v) is 9.24. The van der Waals surface area contributed by atoms with Crippen molar-refractivity contribution in [3.05, 3.63) is 34.6 Å². The Labute approximate surface area is 150 Å². The zero-order chi connectivity index (χ0) is 17.3. The molecule has 24 heavy (non-hydrogen) atoms. The van der Waals surface area contributed by atoms with Gasteiger partial charge in [-0.15, -0.1) is 0 Å². The molecule has 0 atom stereocenters. The number of rotatable bonds is 3. The lowest BCUT2D eigenvalue weighted by Crippen LogP contribution is -2.32. The first-order valence-electron chi connectivity index (χ1n) is 8.83. The Kier molecular flexibility index (Phi) is 4.92. The van der Waals surface area contributed by atoms with Gasteiger partial charge in [-0.25, -0.2) is 4.68 Å². The topological polar surface area (TPSA) is 26.0 Å². The van der Waals surface area contributed by atoms with Crippen LogP contribution in [0.15, 0.2) is 24.3 Å². The highest BCUT2D eigenvalue weighted by molar-refractivity contribution is 7.71. The first kappa shape index (κ1) is 17.4. The first-order chi connectivity index (χ1) is 11.4. The quantitative estimate of drug-likeness (QED) is 0.774. The van der Waals surface area contributed by atoms with Crippen LogP contribution in [0.25, 0.3) is 11.4 Å². The molecule has 1 saturated heterocycles. The number of hydrogen-bond acceptors (Lipinski definition) is 3. The van der Waals surface area contributed by atoms with Gasteiger partial charge in [0.2, 0.25) is 0 Å². The van der Waals surface area contributed by atoms with Crippen molar-refractivity contribution in [2.45, 2.75) is 52.1 Å². The van der Waals surface area contributed by atoms with Crippen LogP contribution in [0.5, 0.6) is 0 Å². The molecule has 0 spiro atoms. The maximum Gasteiger partial charge on any atom is 0.199 e. The van der Waals surface area contributed by atoms with E-state index in [-0.39, 0.29) is 5.41 Å². The molecule has 5 heteroatoms. The minimum Gasteiger partial charge on any atom is -0.303 e. The monoisotopic (exact) mass is 344 g/mol. The van der Waals surface area contributed by atoms with Gasteiger partial charge >= 0.3 is 0 Å². The lowest BCUT2D eigenvalue weighted by molar-refractivity contribution is 0.172. The molecule has 0 N–H and O–H groups in total. The average molecular weight is 345 g/mol. The molecule has 0 bridgehead atoms. The Bertz CT molecular complexity index is 743. The number of likely N-dealkylation sites (tertiary alicyclic amines) is 1. The van der Waals surface area contributed by atoms with E-state index in [4.69, 9.17) is 17.3 Å². The Morgan fingerprint density at radius 1 is 1.04 bits per heavy atom. The van der Waals surface area contributed by atoms with Crippen LogP contribution in [-0.4, -0.2) is 32.3 Å². The molecule has 0 amide bonds. The molecule has 0 aliphatic carbocycles. The number of benzene rings is 1. The average Bonchev–Trinajstić information content (AvgIpc) is 2.84. The predicted octanol–water partition coefficient (Wildman–Crippen LogP) is 4.36. The number of hydrogen-bond donors (Lipinski definition) is 0. The Morgan fingerprint density at radius 2 is 1.67 bits per heavy atom. The van der Waals surface area contributed by atoms with Crippen molar-refractivity contribution in [1.29, 1.82) is 0 Å². The van der Waals surface area contributed by atoms with E-state index < -0.39 is 0 Å². The van der Waals surface area contributed by atoms with Crippen LogP contribution < -0.4 is 0 Å². The molecule has 2 aromatic rings. The van der Waals surface area contributed by atoms with Gasteiger partial charge in [-0.1, -0.05) is 51.5 Å². The van der Waals surface area contributed by atoms with Crippen molar-refractivity contribution in [1.82, 2.24) is 19.2 Å². The number of aromatic nitrogens is 3. The highest BCUT2D eigenvalue weighted by Crippen LogP contribution is 2.25. The Balaban J connectivity index is 1.86. The molecule has 4 nitrogen and oxygen atoms in total. The minimum atomic E-state index is 0.164. The van der Waals surface area contributed by atoms with Crippen molar-refractivity contribution in [3.8, 4) is 11.4 Å². The maximum absolute atomic E-state index is 5.60. The Morgan fingerprint density at radius 3 is 2.25 bits per heavy atom. The second kappa shape index (κ2) is 6.81. The van der Waals surface area contributed by atoms with Crippen LogP contribution in [0.2, 0.25) is 0 Å². The highest BCUT2D eigenvalue weighted by atomic mass is 32.1. The zero-order valence-electron chi connectivity index (χ0n) is 15.2. The molecule has 0 radical (unpaired) electrons. The zero-order valence-corrected chi connectivity index (χ0v) is 16.1. The van der Waals surface area contributed by atoms with E-state index in [2.05, 4.69) is 49.9 Å². The molecule has 0 saturated carbocycles. The molecular formula is C19H28N4S. The van der Waals surface area contributed by atoms with Gasteiger partial charge in [0, 0.05) is 12.6 Å². The van der Waals surface area contributed by atoms with Gasteiger partial charge in [-0.05, 0) is 49.1 Å². The highest BCUT2D eigenvalue weighted by Gasteiger charge is 2.16. The number of nitrogens with zero attached hydrogens (tertiary/aromatic N) is 4. The molecule has 1 aromatic heterocycles. The Hall–Kier alpha value is -1.46. The fourth-order valence-electron chi connectivity index (χ4n) is 3.24. The summed E-state index contributed by atoms with van der Waals surface area (Å²) in [5.41, 5.74) is 2.62. The summed E-state index contributed by atoms with van der Waals surface area (Å²) >= 11 is 5.60. The van der Waals surface area contributed by atoms with Gasteiger partial charge in [0.05, 0.1) is 6.67 Å². The van der Waals surface area contributed by atoms with E-state index in [1.54, 1.807) is 0 Å². The standard InChI is InChI=1S/C19H28N4S/c1-19(2,3)16-10-8-15(9-11-16)17-20-23(18(24)21(17)4)14-22-12-6-5-7-13-22/h8-11H,5-7,12-14H2,1-4H3. The van der Waals surface area contributed by atoms with Crippen molar-refractivity contribution in [2.24, 2.45) is 7.05 Å².